The molecule has 1 unspecified atom stereocenters. The predicted octanol–water partition coefficient (Wildman–Crippen LogP) is 5.24. The lowest BCUT2D eigenvalue weighted by Gasteiger charge is -2.32. The van der Waals surface area contributed by atoms with Crippen molar-refractivity contribution in [2.75, 3.05) is 13.1 Å². The number of hydrogen-bond donors (Lipinski definition) is 0. The third-order valence-corrected chi connectivity index (χ3v) is 3.27. The molecule has 0 aromatic heterocycles. The normalized spacial score (nSPS) is 19.1. The second-order valence-corrected chi connectivity index (χ2v) is 6.88. The van der Waals surface area contributed by atoms with Crippen molar-refractivity contribution in [1.29, 1.82) is 0 Å². The van der Waals surface area contributed by atoms with Crippen LogP contribution in [0.4, 0.5) is 4.79 Å². The molecule has 1 atom stereocenters. The van der Waals surface area contributed by atoms with Gasteiger partial charge in [0.2, 0.25) is 0 Å². The second kappa shape index (κ2) is 10.1. The van der Waals surface area contributed by atoms with Crippen molar-refractivity contribution in [3.8, 4) is 0 Å². The van der Waals surface area contributed by atoms with Gasteiger partial charge in [-0.25, -0.2) is 4.79 Å². The molecule has 0 radical (unpaired) electrons. The first-order chi connectivity index (χ1) is 9.30. The lowest BCUT2D eigenvalue weighted by molar-refractivity contribution is 0.0174. The Bertz CT molecular complexity index is 254. The molecule has 3 nitrogen and oxygen atoms in total. The quantitative estimate of drug-likeness (QED) is 0.664. The van der Waals surface area contributed by atoms with Crippen molar-refractivity contribution in [1.82, 2.24) is 4.90 Å². The van der Waals surface area contributed by atoms with Gasteiger partial charge in [-0.1, -0.05) is 46.5 Å². The summed E-state index contributed by atoms with van der Waals surface area (Å²) < 4.78 is 5.31. The number of hydrogen-bond acceptors (Lipinski definition) is 2. The molecule has 0 spiro atoms. The Balaban J connectivity index is 0.000000511. The van der Waals surface area contributed by atoms with Crippen LogP contribution >= 0.6 is 0 Å². The summed E-state index contributed by atoms with van der Waals surface area (Å²) in [5, 5.41) is 0. The second-order valence-electron chi connectivity index (χ2n) is 6.88. The molecule has 1 aliphatic heterocycles. The highest BCUT2D eigenvalue weighted by Crippen LogP contribution is 2.18. The molecular weight excluding hydrogens is 250 g/mol. The van der Waals surface area contributed by atoms with E-state index in [1.165, 1.54) is 32.1 Å². The minimum Gasteiger partial charge on any atom is -0.444 e. The van der Waals surface area contributed by atoms with Gasteiger partial charge < -0.3 is 9.64 Å². The van der Waals surface area contributed by atoms with Gasteiger partial charge in [0.25, 0.3) is 0 Å². The van der Waals surface area contributed by atoms with E-state index in [1.54, 1.807) is 0 Å². The van der Waals surface area contributed by atoms with Crippen LogP contribution < -0.4 is 0 Å². The number of amides is 1. The zero-order chi connectivity index (χ0) is 15.6. The molecule has 0 bridgehead atoms. The number of unbranched alkanes of at least 4 members (excludes halogenated alkanes) is 3. The van der Waals surface area contributed by atoms with Gasteiger partial charge in [0.1, 0.15) is 5.60 Å². The molecule has 1 rings (SSSR count). The Morgan fingerprint density at radius 1 is 1.20 bits per heavy atom. The monoisotopic (exact) mass is 285 g/mol. The number of likely N-dealkylation sites (tertiary alicyclic amines) is 1. The molecule has 1 amide bonds. The number of carbonyl (C=O) groups is 1. The van der Waals surface area contributed by atoms with Gasteiger partial charge in [0, 0.05) is 13.1 Å². The van der Waals surface area contributed by atoms with Crippen molar-refractivity contribution in [2.45, 2.75) is 85.7 Å². The molecule has 0 aromatic rings. The van der Waals surface area contributed by atoms with Gasteiger partial charge >= 0.3 is 6.09 Å². The Morgan fingerprint density at radius 3 is 2.15 bits per heavy atom. The van der Waals surface area contributed by atoms with Gasteiger partial charge in [-0.2, -0.15) is 0 Å². The largest absolute Gasteiger partial charge is 0.444 e. The molecule has 1 saturated heterocycles. The predicted molar refractivity (Wildman–Crippen MR) is 86.0 cm³/mol. The molecule has 0 saturated carbocycles. The third-order valence-electron chi connectivity index (χ3n) is 3.27. The van der Waals surface area contributed by atoms with E-state index in [0.717, 1.165) is 19.5 Å². The average molecular weight is 285 g/mol. The fourth-order valence-corrected chi connectivity index (χ4v) is 2.18. The smallest absolute Gasteiger partial charge is 0.410 e. The zero-order valence-corrected chi connectivity index (χ0v) is 14.5. The first-order valence-electron chi connectivity index (χ1n) is 8.28. The van der Waals surface area contributed by atoms with Crippen LogP contribution in [0.15, 0.2) is 0 Å². The van der Waals surface area contributed by atoms with Crippen molar-refractivity contribution in [3.05, 3.63) is 0 Å². The van der Waals surface area contributed by atoms with E-state index in [9.17, 15) is 4.79 Å². The lowest BCUT2D eigenvalue weighted by atomic mass is 10.0. The highest BCUT2D eigenvalue weighted by atomic mass is 16.6. The summed E-state index contributed by atoms with van der Waals surface area (Å²) in [4.78, 5) is 13.5. The lowest BCUT2D eigenvalue weighted by Crippen LogP contribution is -2.42. The van der Waals surface area contributed by atoms with Crippen LogP contribution in [0, 0.1) is 5.92 Å². The first-order valence-corrected chi connectivity index (χ1v) is 8.28. The number of piperidine rings is 1. The standard InChI is InChI=1S/C11H21NO2.C6H14/c1-9-6-5-7-12(8-9)10(13)14-11(2,3)4;1-3-5-6-4-2/h9H,5-8H2,1-4H3;3-6H2,1-2H3. The van der Waals surface area contributed by atoms with E-state index in [2.05, 4.69) is 20.8 Å². The van der Waals surface area contributed by atoms with Crippen LogP contribution in [0.2, 0.25) is 0 Å². The highest BCUT2D eigenvalue weighted by Gasteiger charge is 2.25. The van der Waals surface area contributed by atoms with Crippen LogP contribution in [-0.2, 0) is 4.74 Å². The maximum atomic E-state index is 11.7. The van der Waals surface area contributed by atoms with Crippen molar-refractivity contribution in [3.63, 3.8) is 0 Å². The summed E-state index contributed by atoms with van der Waals surface area (Å²) in [6.45, 7) is 14.0. The van der Waals surface area contributed by atoms with E-state index in [1.807, 2.05) is 25.7 Å². The molecule has 0 aliphatic carbocycles. The molecule has 1 fully saturated rings. The molecule has 0 N–H and O–H groups in total. The summed E-state index contributed by atoms with van der Waals surface area (Å²) in [7, 11) is 0. The van der Waals surface area contributed by atoms with Crippen LogP contribution in [0.5, 0.6) is 0 Å². The highest BCUT2D eigenvalue weighted by molar-refractivity contribution is 5.68. The molecule has 120 valence electrons. The Kier molecular flexibility index (Phi) is 9.70. The Hall–Kier alpha value is -0.730. The van der Waals surface area contributed by atoms with E-state index in [-0.39, 0.29) is 11.7 Å². The molecular formula is C17H35NO2. The summed E-state index contributed by atoms with van der Waals surface area (Å²) >= 11 is 0. The van der Waals surface area contributed by atoms with E-state index in [4.69, 9.17) is 4.74 Å². The zero-order valence-electron chi connectivity index (χ0n) is 14.5. The molecule has 0 aromatic carbocycles. The van der Waals surface area contributed by atoms with Crippen LogP contribution in [0.25, 0.3) is 0 Å². The first kappa shape index (κ1) is 19.3. The van der Waals surface area contributed by atoms with Crippen LogP contribution in [-0.4, -0.2) is 29.7 Å². The number of ether oxygens (including phenoxy) is 1. The van der Waals surface area contributed by atoms with E-state index >= 15 is 0 Å². The maximum Gasteiger partial charge on any atom is 0.410 e. The van der Waals surface area contributed by atoms with Crippen molar-refractivity contribution >= 4 is 6.09 Å². The fraction of sp³-hybridized carbons (Fsp3) is 0.941. The van der Waals surface area contributed by atoms with Gasteiger partial charge in [-0.3, -0.25) is 0 Å². The minimum atomic E-state index is -0.377. The van der Waals surface area contributed by atoms with Gasteiger partial charge in [0.15, 0.2) is 0 Å². The van der Waals surface area contributed by atoms with E-state index < -0.39 is 0 Å². The third kappa shape index (κ3) is 10.1. The minimum absolute atomic E-state index is 0.163. The summed E-state index contributed by atoms with van der Waals surface area (Å²) in [5.41, 5.74) is -0.377. The Labute approximate surface area is 126 Å². The van der Waals surface area contributed by atoms with E-state index in [0.29, 0.717) is 5.92 Å². The van der Waals surface area contributed by atoms with Gasteiger partial charge in [-0.05, 0) is 39.5 Å². The van der Waals surface area contributed by atoms with Crippen LogP contribution in [0.1, 0.15) is 80.1 Å². The molecule has 3 heteroatoms. The summed E-state index contributed by atoms with van der Waals surface area (Å²) in [5.74, 6) is 0.608. The van der Waals surface area contributed by atoms with Crippen molar-refractivity contribution < 1.29 is 9.53 Å². The summed E-state index contributed by atoms with van der Waals surface area (Å²) in [6.07, 6.45) is 7.69. The van der Waals surface area contributed by atoms with Crippen LogP contribution in [0.3, 0.4) is 0 Å². The topological polar surface area (TPSA) is 29.5 Å². The molecule has 1 heterocycles. The van der Waals surface area contributed by atoms with Gasteiger partial charge in [0.05, 0.1) is 0 Å². The van der Waals surface area contributed by atoms with Gasteiger partial charge in [-0.15, -0.1) is 0 Å². The summed E-state index contributed by atoms with van der Waals surface area (Å²) in [6, 6.07) is 0. The fourth-order valence-electron chi connectivity index (χ4n) is 2.18. The number of rotatable bonds is 3. The SMILES string of the molecule is CC1CCCN(C(=O)OC(C)(C)C)C1.CCCCCC. The molecule has 1 aliphatic rings. The maximum absolute atomic E-state index is 11.7. The Morgan fingerprint density at radius 2 is 1.75 bits per heavy atom. The molecule has 20 heavy (non-hydrogen) atoms. The number of nitrogens with zero attached hydrogens (tertiary/aromatic N) is 1. The average Bonchev–Trinajstić information content (AvgIpc) is 2.35. The number of carbonyl (C=O) groups excluding carboxylic acids is 1. The van der Waals surface area contributed by atoms with Crippen molar-refractivity contribution in [2.24, 2.45) is 5.92 Å².